The van der Waals surface area contributed by atoms with Gasteiger partial charge in [0.25, 0.3) is 0 Å². The molecule has 0 saturated heterocycles. The largest absolute Gasteiger partial charge is 0.467 e. The Morgan fingerprint density at radius 3 is 2.45 bits per heavy atom. The minimum absolute atomic E-state index is 0.832. The third-order valence-corrected chi connectivity index (χ3v) is 1.92. The van der Waals surface area contributed by atoms with Crippen molar-refractivity contribution >= 4 is 25.7 Å². The van der Waals surface area contributed by atoms with Gasteiger partial charge in [-0.2, -0.15) is 0 Å². The molecule has 0 saturated carbocycles. The third kappa shape index (κ3) is 5.00. The fourth-order valence-electron chi connectivity index (χ4n) is 0.393. The normalized spacial score (nSPS) is 14.1. The molecule has 5 nitrogen and oxygen atoms in total. The molecule has 11 heavy (non-hydrogen) atoms. The van der Waals surface area contributed by atoms with E-state index in [4.69, 9.17) is 15.8 Å². The highest BCUT2D eigenvalue weighted by molar-refractivity contribution is 8.13. The first kappa shape index (κ1) is 10.7. The van der Waals surface area contributed by atoms with Crippen LogP contribution in [0.4, 0.5) is 0 Å². The first-order valence-electron chi connectivity index (χ1n) is 2.55. The van der Waals surface area contributed by atoms with Crippen LogP contribution >= 0.6 is 10.7 Å². The van der Waals surface area contributed by atoms with Gasteiger partial charge >= 0.3 is 5.97 Å². The summed E-state index contributed by atoms with van der Waals surface area (Å²) in [6.07, 6.45) is -1.71. The highest BCUT2D eigenvalue weighted by atomic mass is 35.7. The van der Waals surface area contributed by atoms with Gasteiger partial charge in [0.2, 0.25) is 9.05 Å². The Morgan fingerprint density at radius 2 is 2.18 bits per heavy atom. The first-order chi connectivity index (χ1) is 4.87. The van der Waals surface area contributed by atoms with E-state index in [-0.39, 0.29) is 0 Å². The Labute approximate surface area is 68.3 Å². The van der Waals surface area contributed by atoms with E-state index in [1.807, 2.05) is 0 Å². The number of carbonyl (C=O) groups is 1. The molecule has 0 fully saturated rings. The monoisotopic (exact) mass is 202 g/mol. The van der Waals surface area contributed by atoms with E-state index in [0.717, 1.165) is 7.11 Å². The van der Waals surface area contributed by atoms with Gasteiger partial charge in [-0.1, -0.05) is 0 Å². The number of carbonyl (C=O) groups excluding carboxylic acids is 1. The fourth-order valence-corrected chi connectivity index (χ4v) is 1.26. The molecular weight excluding hydrogens is 196 g/mol. The molecule has 0 heterocycles. The van der Waals surface area contributed by atoms with Gasteiger partial charge in [-0.15, -0.1) is 0 Å². The molecule has 7 heteroatoms. The van der Waals surface area contributed by atoms with Crippen LogP contribution in [0.25, 0.3) is 0 Å². The van der Waals surface area contributed by atoms with Crippen molar-refractivity contribution in [2.75, 3.05) is 12.9 Å². The Kier molecular flexibility index (Phi) is 3.77. The summed E-state index contributed by atoms with van der Waals surface area (Å²) < 4.78 is 24.6. The molecule has 66 valence electrons. The molecule has 0 aromatic rings. The number of hydrogen-bond acceptors (Lipinski definition) is 5. The zero-order valence-corrected chi connectivity index (χ0v) is 7.22. The smallest absolute Gasteiger partial charge is 0.335 e. The van der Waals surface area contributed by atoms with E-state index in [9.17, 15) is 13.2 Å². The van der Waals surface area contributed by atoms with Crippen LogP contribution in [-0.4, -0.2) is 38.5 Å². The fraction of sp³-hybridized carbons (Fsp3) is 0.750. The van der Waals surface area contributed by atoms with Crippen molar-refractivity contribution < 1.29 is 23.1 Å². The minimum atomic E-state index is -3.86. The maximum Gasteiger partial charge on any atom is 0.335 e. The second-order valence-electron chi connectivity index (χ2n) is 1.74. The molecule has 1 unspecified atom stereocenters. The van der Waals surface area contributed by atoms with Crippen molar-refractivity contribution in [3.8, 4) is 0 Å². The summed E-state index contributed by atoms with van der Waals surface area (Å²) in [5.74, 6) is -1.85. The predicted octanol–water partition coefficient (Wildman–Crippen LogP) is -0.911. The van der Waals surface area contributed by atoms with Crippen LogP contribution in [0, 0.1) is 0 Å². The highest BCUT2D eigenvalue weighted by Crippen LogP contribution is 2.00. The lowest BCUT2D eigenvalue weighted by atomic mass is 10.4. The van der Waals surface area contributed by atoms with Crippen molar-refractivity contribution in [3.63, 3.8) is 0 Å². The Morgan fingerprint density at radius 1 is 1.73 bits per heavy atom. The number of rotatable bonds is 3. The molecule has 0 bridgehead atoms. The van der Waals surface area contributed by atoms with Crippen LogP contribution in [-0.2, 0) is 18.6 Å². The Bertz CT molecular complexity index is 233. The maximum atomic E-state index is 10.4. The van der Waals surface area contributed by atoms with Crippen LogP contribution in [0.2, 0.25) is 0 Å². The number of methoxy groups -OCH3 is 1. The van der Waals surface area contributed by atoms with Crippen LogP contribution < -0.4 is 0 Å². The van der Waals surface area contributed by atoms with Crippen molar-refractivity contribution in [3.05, 3.63) is 0 Å². The summed E-state index contributed by atoms with van der Waals surface area (Å²) in [5.41, 5.74) is 0. The number of aliphatic hydroxyl groups is 1. The molecule has 0 aromatic carbocycles. The van der Waals surface area contributed by atoms with Gasteiger partial charge in [-0.25, -0.2) is 13.2 Å². The quantitative estimate of drug-likeness (QED) is 0.473. The van der Waals surface area contributed by atoms with Crippen LogP contribution in [0.15, 0.2) is 0 Å². The van der Waals surface area contributed by atoms with Gasteiger partial charge in [0.15, 0.2) is 6.10 Å². The molecule has 1 atom stereocenters. The lowest BCUT2D eigenvalue weighted by Crippen LogP contribution is -2.28. The van der Waals surface area contributed by atoms with E-state index < -0.39 is 26.9 Å². The molecule has 0 aromatic heterocycles. The summed E-state index contributed by atoms with van der Waals surface area (Å²) in [6.45, 7) is 0. The van der Waals surface area contributed by atoms with Crippen LogP contribution in [0.3, 0.4) is 0 Å². The molecule has 0 spiro atoms. The third-order valence-electron chi connectivity index (χ3n) is 0.830. The van der Waals surface area contributed by atoms with Crippen LogP contribution in [0.5, 0.6) is 0 Å². The number of halogens is 1. The van der Waals surface area contributed by atoms with E-state index in [2.05, 4.69) is 4.74 Å². The zero-order chi connectivity index (χ0) is 9.07. The minimum Gasteiger partial charge on any atom is -0.467 e. The first-order valence-corrected chi connectivity index (χ1v) is 5.03. The van der Waals surface area contributed by atoms with E-state index in [1.165, 1.54) is 0 Å². The number of hydrogen-bond donors (Lipinski definition) is 1. The molecule has 1 N–H and O–H groups in total. The van der Waals surface area contributed by atoms with Crippen molar-refractivity contribution in [1.29, 1.82) is 0 Å². The molecular formula is C4H7ClO5S. The summed E-state index contributed by atoms with van der Waals surface area (Å²) in [7, 11) is 1.91. The number of esters is 1. The Balaban J connectivity index is 4.09. The topological polar surface area (TPSA) is 80.7 Å². The van der Waals surface area contributed by atoms with Gasteiger partial charge in [-0.3, -0.25) is 0 Å². The van der Waals surface area contributed by atoms with Gasteiger partial charge < -0.3 is 9.84 Å². The van der Waals surface area contributed by atoms with Crippen molar-refractivity contribution in [2.45, 2.75) is 6.10 Å². The highest BCUT2D eigenvalue weighted by Gasteiger charge is 2.21. The average Bonchev–Trinajstić information content (AvgIpc) is 1.82. The lowest BCUT2D eigenvalue weighted by Gasteiger charge is -2.04. The van der Waals surface area contributed by atoms with E-state index in [0.29, 0.717) is 0 Å². The van der Waals surface area contributed by atoms with Gasteiger partial charge in [0, 0.05) is 10.7 Å². The number of aliphatic hydroxyl groups excluding tert-OH is 1. The van der Waals surface area contributed by atoms with Crippen LogP contribution in [0.1, 0.15) is 0 Å². The number of ether oxygens (including phenoxy) is 1. The molecule has 0 radical (unpaired) electrons. The maximum absolute atomic E-state index is 10.4. The molecule has 0 aliphatic rings. The average molecular weight is 203 g/mol. The second kappa shape index (κ2) is 3.89. The van der Waals surface area contributed by atoms with E-state index >= 15 is 0 Å². The molecule has 0 aliphatic carbocycles. The molecule has 0 rings (SSSR count). The van der Waals surface area contributed by atoms with Gasteiger partial charge in [0.1, 0.15) is 5.75 Å². The SMILES string of the molecule is COC(=O)C(O)CS(=O)(=O)Cl. The molecule has 0 amide bonds. The van der Waals surface area contributed by atoms with E-state index in [1.54, 1.807) is 0 Å². The summed E-state index contributed by atoms with van der Waals surface area (Å²) >= 11 is 0. The zero-order valence-electron chi connectivity index (χ0n) is 5.65. The summed E-state index contributed by atoms with van der Waals surface area (Å²) in [4.78, 5) is 10.4. The standard InChI is InChI=1S/C4H7ClO5S/c1-10-4(7)3(6)2-11(5,8)9/h3,6H,2H2,1H3. The Hall–Kier alpha value is -0.330. The van der Waals surface area contributed by atoms with Crippen molar-refractivity contribution in [1.82, 2.24) is 0 Å². The predicted molar refractivity (Wildman–Crippen MR) is 37.7 cm³/mol. The van der Waals surface area contributed by atoms with Gasteiger partial charge in [-0.05, 0) is 0 Å². The molecule has 0 aliphatic heterocycles. The summed E-state index contributed by atoms with van der Waals surface area (Å²) in [5, 5.41) is 8.72. The van der Waals surface area contributed by atoms with Crippen molar-refractivity contribution in [2.24, 2.45) is 0 Å². The lowest BCUT2D eigenvalue weighted by molar-refractivity contribution is -0.149. The summed E-state index contributed by atoms with van der Waals surface area (Å²) in [6, 6.07) is 0. The second-order valence-corrected chi connectivity index (χ2v) is 4.57. The van der Waals surface area contributed by atoms with Gasteiger partial charge in [0.05, 0.1) is 7.11 Å².